The van der Waals surface area contributed by atoms with E-state index < -0.39 is 17.8 Å². The summed E-state index contributed by atoms with van der Waals surface area (Å²) in [4.78, 5) is 25.6. The normalized spacial score (nSPS) is 19.7. The summed E-state index contributed by atoms with van der Waals surface area (Å²) >= 11 is 1.45. The van der Waals surface area contributed by atoms with Crippen LogP contribution < -0.4 is 11.5 Å². The molecule has 2 aromatic rings. The average molecular weight is 310 g/mol. The molecular weight excluding hydrogens is 296 g/mol. The zero-order chi connectivity index (χ0) is 14.8. The van der Waals surface area contributed by atoms with Gasteiger partial charge in [0.1, 0.15) is 12.8 Å². The molecule has 1 fully saturated rings. The van der Waals surface area contributed by atoms with Gasteiger partial charge in [0.2, 0.25) is 5.91 Å². The first-order chi connectivity index (χ1) is 10.1. The Balaban J connectivity index is 1.73. The van der Waals surface area contributed by atoms with E-state index >= 15 is 0 Å². The number of amides is 1. The number of aromatic nitrogens is 2. The zero-order valence-corrected chi connectivity index (χ0v) is 11.9. The Bertz CT molecular complexity index is 678. The van der Waals surface area contributed by atoms with Gasteiger partial charge in [-0.3, -0.25) is 9.69 Å². The molecule has 2 aromatic heterocycles. The molecule has 0 bridgehead atoms. The smallest absolute Gasteiger partial charge is 0.387 e. The molecule has 1 saturated heterocycles. The number of hydrogen-bond donors (Lipinski definition) is 1. The minimum Gasteiger partial charge on any atom is -0.387 e. The van der Waals surface area contributed by atoms with Gasteiger partial charge >= 0.3 is 5.76 Å². The fourth-order valence-corrected chi connectivity index (χ4v) is 2.73. The highest BCUT2D eigenvalue weighted by Gasteiger charge is 2.25. The Morgan fingerprint density at radius 1 is 1.57 bits per heavy atom. The standard InChI is InChI=1S/C12H14N4O4S/c13-10(17)8-6-15(3-4-19-8)7-16-12(18)20-11(14-16)9-2-1-5-21-9/h1-2,5,8H,3-4,6-7H2,(H2,13,17)/t8-/m1/s1. The third-order valence-electron chi connectivity index (χ3n) is 3.14. The number of carbonyl (C=O) groups excluding carboxylic acids is 1. The van der Waals surface area contributed by atoms with E-state index in [4.69, 9.17) is 14.9 Å². The summed E-state index contributed by atoms with van der Waals surface area (Å²) in [5, 5.41) is 6.05. The molecule has 0 aromatic carbocycles. The first-order valence-electron chi connectivity index (χ1n) is 6.38. The molecule has 3 heterocycles. The van der Waals surface area contributed by atoms with Crippen LogP contribution in [0.4, 0.5) is 0 Å². The van der Waals surface area contributed by atoms with Crippen LogP contribution in [0.2, 0.25) is 0 Å². The van der Waals surface area contributed by atoms with Crippen LogP contribution in [-0.4, -0.2) is 46.4 Å². The largest absolute Gasteiger partial charge is 0.438 e. The number of nitrogens with zero attached hydrogens (tertiary/aromatic N) is 3. The lowest BCUT2D eigenvalue weighted by Crippen LogP contribution is -2.49. The van der Waals surface area contributed by atoms with Crippen molar-refractivity contribution in [3.8, 4) is 10.8 Å². The Kier molecular flexibility index (Phi) is 3.86. The Morgan fingerprint density at radius 3 is 3.14 bits per heavy atom. The topological polar surface area (TPSA) is 104 Å². The second kappa shape index (κ2) is 5.80. The van der Waals surface area contributed by atoms with Gasteiger partial charge in [-0.25, -0.2) is 4.79 Å². The summed E-state index contributed by atoms with van der Waals surface area (Å²) in [6.07, 6.45) is -0.655. The Hall–Kier alpha value is -1.97. The van der Waals surface area contributed by atoms with E-state index in [1.54, 1.807) is 0 Å². The van der Waals surface area contributed by atoms with Gasteiger partial charge < -0.3 is 14.9 Å². The lowest BCUT2D eigenvalue weighted by molar-refractivity contribution is -0.136. The molecule has 0 spiro atoms. The highest BCUT2D eigenvalue weighted by molar-refractivity contribution is 7.13. The van der Waals surface area contributed by atoms with Gasteiger partial charge in [-0.2, -0.15) is 4.68 Å². The SMILES string of the molecule is NC(=O)[C@H]1CN(Cn2nc(-c3cccs3)oc2=O)CCO1. The molecule has 1 aliphatic rings. The lowest BCUT2D eigenvalue weighted by Gasteiger charge is -2.30. The summed E-state index contributed by atoms with van der Waals surface area (Å²) < 4.78 is 11.6. The van der Waals surface area contributed by atoms with Crippen LogP contribution in [-0.2, 0) is 16.2 Å². The van der Waals surface area contributed by atoms with Crippen LogP contribution in [0.25, 0.3) is 10.8 Å². The summed E-state index contributed by atoms with van der Waals surface area (Å²) in [6.45, 7) is 1.55. The number of nitrogens with two attached hydrogens (primary N) is 1. The molecule has 0 radical (unpaired) electrons. The van der Waals surface area contributed by atoms with Crippen LogP contribution >= 0.6 is 11.3 Å². The molecule has 0 aliphatic carbocycles. The van der Waals surface area contributed by atoms with Crippen LogP contribution in [0.15, 0.2) is 26.7 Å². The Labute approximate surface area is 123 Å². The molecule has 9 heteroatoms. The van der Waals surface area contributed by atoms with E-state index in [9.17, 15) is 9.59 Å². The van der Waals surface area contributed by atoms with Crippen molar-refractivity contribution < 1.29 is 13.9 Å². The van der Waals surface area contributed by atoms with Crippen molar-refractivity contribution in [2.24, 2.45) is 5.73 Å². The number of primary amides is 1. The third-order valence-corrected chi connectivity index (χ3v) is 4.00. The van der Waals surface area contributed by atoms with Gasteiger partial charge in [-0.1, -0.05) is 6.07 Å². The second-order valence-electron chi connectivity index (χ2n) is 4.63. The van der Waals surface area contributed by atoms with E-state index in [2.05, 4.69) is 5.10 Å². The molecule has 0 saturated carbocycles. The molecule has 3 rings (SSSR count). The predicted octanol–water partition coefficient (Wildman–Crippen LogP) is -0.292. The maximum Gasteiger partial charge on any atom is 0.438 e. The predicted molar refractivity (Wildman–Crippen MR) is 74.6 cm³/mol. The molecule has 21 heavy (non-hydrogen) atoms. The molecule has 1 amide bonds. The van der Waals surface area contributed by atoms with E-state index in [-0.39, 0.29) is 6.67 Å². The van der Waals surface area contributed by atoms with Crippen molar-refractivity contribution in [3.05, 3.63) is 28.1 Å². The first kappa shape index (κ1) is 14.0. The second-order valence-corrected chi connectivity index (χ2v) is 5.58. The summed E-state index contributed by atoms with van der Waals surface area (Å²) in [5.41, 5.74) is 5.23. The highest BCUT2D eigenvalue weighted by Crippen LogP contribution is 2.21. The quantitative estimate of drug-likeness (QED) is 0.832. The summed E-state index contributed by atoms with van der Waals surface area (Å²) in [7, 11) is 0. The fourth-order valence-electron chi connectivity index (χ4n) is 2.09. The van der Waals surface area contributed by atoms with Gasteiger partial charge in [0.15, 0.2) is 0 Å². The van der Waals surface area contributed by atoms with Crippen LogP contribution in [0.3, 0.4) is 0 Å². The maximum atomic E-state index is 11.8. The number of rotatable bonds is 4. The monoisotopic (exact) mass is 310 g/mol. The van der Waals surface area contributed by atoms with Crippen molar-refractivity contribution in [2.45, 2.75) is 12.8 Å². The summed E-state index contributed by atoms with van der Waals surface area (Å²) in [6, 6.07) is 3.69. The molecule has 0 unspecified atom stereocenters. The molecule has 1 atom stereocenters. The van der Waals surface area contributed by atoms with Crippen LogP contribution in [0, 0.1) is 0 Å². The van der Waals surface area contributed by atoms with Crippen molar-refractivity contribution in [2.75, 3.05) is 19.7 Å². The number of hydrogen-bond acceptors (Lipinski definition) is 7. The minimum absolute atomic E-state index is 0.237. The van der Waals surface area contributed by atoms with Gasteiger partial charge in [-0.05, 0) is 11.4 Å². The fraction of sp³-hybridized carbons (Fsp3) is 0.417. The van der Waals surface area contributed by atoms with Crippen LogP contribution in [0.1, 0.15) is 0 Å². The van der Waals surface area contributed by atoms with Gasteiger partial charge in [0.05, 0.1) is 11.5 Å². The molecular formula is C12H14N4O4S. The number of carbonyl (C=O) groups is 1. The van der Waals surface area contributed by atoms with Crippen molar-refractivity contribution in [1.29, 1.82) is 0 Å². The highest BCUT2D eigenvalue weighted by atomic mass is 32.1. The molecule has 1 aliphatic heterocycles. The molecule has 2 N–H and O–H groups in total. The molecule has 8 nitrogen and oxygen atoms in total. The number of morpholine rings is 1. The van der Waals surface area contributed by atoms with Gasteiger partial charge in [-0.15, -0.1) is 16.4 Å². The van der Waals surface area contributed by atoms with E-state index in [0.29, 0.717) is 25.6 Å². The van der Waals surface area contributed by atoms with E-state index in [1.807, 2.05) is 22.4 Å². The zero-order valence-electron chi connectivity index (χ0n) is 11.1. The van der Waals surface area contributed by atoms with Crippen molar-refractivity contribution >= 4 is 17.2 Å². The van der Waals surface area contributed by atoms with Crippen molar-refractivity contribution in [3.63, 3.8) is 0 Å². The lowest BCUT2D eigenvalue weighted by atomic mass is 10.3. The third kappa shape index (κ3) is 3.04. The minimum atomic E-state index is -0.655. The van der Waals surface area contributed by atoms with Gasteiger partial charge in [0.25, 0.3) is 5.89 Å². The van der Waals surface area contributed by atoms with Crippen molar-refractivity contribution in [1.82, 2.24) is 14.7 Å². The maximum absolute atomic E-state index is 11.8. The van der Waals surface area contributed by atoms with E-state index in [0.717, 1.165) is 4.88 Å². The van der Waals surface area contributed by atoms with Gasteiger partial charge in [0, 0.05) is 13.1 Å². The molecule has 112 valence electrons. The number of thiophene rings is 1. The summed E-state index contributed by atoms with van der Waals surface area (Å²) in [5.74, 6) is -0.735. The first-order valence-corrected chi connectivity index (χ1v) is 7.26. The Morgan fingerprint density at radius 2 is 2.43 bits per heavy atom. The average Bonchev–Trinajstić information content (AvgIpc) is 3.10. The van der Waals surface area contributed by atoms with E-state index in [1.165, 1.54) is 16.0 Å². The number of ether oxygens (including phenoxy) is 1. The van der Waals surface area contributed by atoms with Crippen LogP contribution in [0.5, 0.6) is 0 Å².